The molecule has 18 heavy (non-hydrogen) atoms. The maximum Gasteiger partial charge on any atom is 0.341 e. The van der Waals surface area contributed by atoms with Gasteiger partial charge in [-0.25, -0.2) is 4.79 Å². The number of hydrogen-bond donors (Lipinski definition) is 1. The van der Waals surface area contributed by atoms with Gasteiger partial charge in [-0.15, -0.1) is 11.3 Å². The van der Waals surface area contributed by atoms with E-state index in [2.05, 4.69) is 6.92 Å². The van der Waals surface area contributed by atoms with E-state index in [1.807, 2.05) is 13.8 Å². The average molecular weight is 267 g/mol. The van der Waals surface area contributed by atoms with Crippen LogP contribution in [0.4, 0.5) is 5.00 Å². The Kier molecular flexibility index (Phi) is 3.95. The quantitative estimate of drug-likeness (QED) is 0.854. The van der Waals surface area contributed by atoms with E-state index in [1.54, 1.807) is 11.3 Å². The molecule has 2 rings (SSSR count). The van der Waals surface area contributed by atoms with Crippen molar-refractivity contribution in [3.8, 4) is 0 Å². The van der Waals surface area contributed by atoms with Gasteiger partial charge in [0.2, 0.25) is 0 Å². The summed E-state index contributed by atoms with van der Waals surface area (Å²) in [5.74, 6) is 0.486. The van der Waals surface area contributed by atoms with Gasteiger partial charge in [0.1, 0.15) is 5.00 Å². The first kappa shape index (κ1) is 13.4. The van der Waals surface area contributed by atoms with Crippen LogP contribution in [0, 0.1) is 5.92 Å². The molecule has 0 aliphatic heterocycles. The van der Waals surface area contributed by atoms with Crippen LogP contribution in [0.2, 0.25) is 0 Å². The van der Waals surface area contributed by atoms with Crippen LogP contribution in [0.1, 0.15) is 54.4 Å². The fourth-order valence-electron chi connectivity index (χ4n) is 2.52. The molecule has 0 saturated carbocycles. The predicted octanol–water partition coefficient (Wildman–Crippen LogP) is 3.41. The van der Waals surface area contributed by atoms with E-state index in [-0.39, 0.29) is 12.1 Å². The Hall–Kier alpha value is -1.03. The van der Waals surface area contributed by atoms with Gasteiger partial charge in [-0.1, -0.05) is 13.3 Å². The summed E-state index contributed by atoms with van der Waals surface area (Å²) >= 11 is 1.57. The number of ether oxygens (including phenoxy) is 1. The van der Waals surface area contributed by atoms with Gasteiger partial charge >= 0.3 is 5.97 Å². The summed E-state index contributed by atoms with van der Waals surface area (Å²) in [6.45, 7) is 5.95. The summed E-state index contributed by atoms with van der Waals surface area (Å²) in [6, 6.07) is 0. The van der Waals surface area contributed by atoms with Crippen LogP contribution in [-0.4, -0.2) is 12.1 Å². The summed E-state index contributed by atoms with van der Waals surface area (Å²) in [5.41, 5.74) is 7.79. The molecular weight excluding hydrogens is 246 g/mol. The molecule has 0 fully saturated rings. The zero-order valence-corrected chi connectivity index (χ0v) is 12.1. The molecule has 0 unspecified atom stereocenters. The fraction of sp³-hybridized carbons (Fsp3) is 0.643. The van der Waals surface area contributed by atoms with Crippen LogP contribution in [0.25, 0.3) is 0 Å². The lowest BCUT2D eigenvalue weighted by Crippen LogP contribution is -2.17. The second-order valence-electron chi connectivity index (χ2n) is 5.21. The third-order valence-electron chi connectivity index (χ3n) is 3.52. The van der Waals surface area contributed by atoms with Crippen molar-refractivity contribution in [2.75, 3.05) is 5.73 Å². The van der Waals surface area contributed by atoms with Crippen molar-refractivity contribution < 1.29 is 9.53 Å². The van der Waals surface area contributed by atoms with Gasteiger partial charge in [0.25, 0.3) is 0 Å². The standard InChI is InChI=1S/C14H21NO2S/c1-4-9-5-6-10-11(7-9)18-13(15)12(10)14(16)17-8(2)3/h8-9H,4-7,15H2,1-3H3/t9-/m0/s1. The summed E-state index contributed by atoms with van der Waals surface area (Å²) in [7, 11) is 0. The molecule has 4 heteroatoms. The van der Waals surface area contributed by atoms with Gasteiger partial charge in [0.05, 0.1) is 11.7 Å². The minimum atomic E-state index is -0.255. The van der Waals surface area contributed by atoms with Crippen LogP contribution in [-0.2, 0) is 17.6 Å². The molecule has 2 N–H and O–H groups in total. The maximum atomic E-state index is 12.1. The molecular formula is C14H21NO2S. The Morgan fingerprint density at radius 2 is 2.28 bits per heavy atom. The average Bonchev–Trinajstić information content (AvgIpc) is 2.62. The van der Waals surface area contributed by atoms with Crippen LogP contribution < -0.4 is 5.73 Å². The molecule has 0 spiro atoms. The monoisotopic (exact) mass is 267 g/mol. The van der Waals surface area contributed by atoms with Gasteiger partial charge in [-0.2, -0.15) is 0 Å². The molecule has 1 aliphatic carbocycles. The van der Waals surface area contributed by atoms with Crippen molar-refractivity contribution >= 4 is 22.3 Å². The van der Waals surface area contributed by atoms with Crippen LogP contribution in [0.3, 0.4) is 0 Å². The molecule has 1 aromatic rings. The van der Waals surface area contributed by atoms with E-state index >= 15 is 0 Å². The van der Waals surface area contributed by atoms with Gasteiger partial charge in [-0.3, -0.25) is 0 Å². The largest absolute Gasteiger partial charge is 0.459 e. The topological polar surface area (TPSA) is 52.3 Å². The molecule has 0 bridgehead atoms. The highest BCUT2D eigenvalue weighted by molar-refractivity contribution is 7.16. The van der Waals surface area contributed by atoms with E-state index in [0.29, 0.717) is 10.6 Å². The minimum absolute atomic E-state index is 0.0977. The molecule has 1 aromatic heterocycles. The van der Waals surface area contributed by atoms with Crippen molar-refractivity contribution in [2.24, 2.45) is 5.92 Å². The highest BCUT2D eigenvalue weighted by Crippen LogP contribution is 2.39. The fourth-order valence-corrected chi connectivity index (χ4v) is 3.74. The third-order valence-corrected chi connectivity index (χ3v) is 4.60. The van der Waals surface area contributed by atoms with Gasteiger partial charge < -0.3 is 10.5 Å². The number of fused-ring (bicyclic) bond motifs is 1. The first-order valence-electron chi connectivity index (χ1n) is 6.63. The SMILES string of the molecule is CC[C@H]1CCc2c(sc(N)c2C(=O)OC(C)C)C1. The number of nitrogen functional groups attached to an aromatic ring is 1. The lowest BCUT2D eigenvalue weighted by Gasteiger charge is -2.21. The van der Waals surface area contributed by atoms with Crippen LogP contribution in [0.5, 0.6) is 0 Å². The summed E-state index contributed by atoms with van der Waals surface area (Å²) in [6.07, 6.45) is 4.28. The second kappa shape index (κ2) is 5.31. The summed E-state index contributed by atoms with van der Waals surface area (Å²) in [5, 5.41) is 0.627. The number of carbonyl (C=O) groups is 1. The minimum Gasteiger partial charge on any atom is -0.459 e. The molecule has 0 amide bonds. The molecule has 0 saturated heterocycles. The molecule has 1 aliphatic rings. The molecule has 0 aromatic carbocycles. The maximum absolute atomic E-state index is 12.1. The van der Waals surface area contributed by atoms with Gasteiger partial charge in [0, 0.05) is 4.88 Å². The number of nitrogens with two attached hydrogens (primary N) is 1. The number of hydrogen-bond acceptors (Lipinski definition) is 4. The van der Waals surface area contributed by atoms with Crippen molar-refractivity contribution in [2.45, 2.75) is 52.6 Å². The van der Waals surface area contributed by atoms with E-state index < -0.39 is 0 Å². The highest BCUT2D eigenvalue weighted by atomic mass is 32.1. The number of carbonyl (C=O) groups excluding carboxylic acids is 1. The molecule has 3 nitrogen and oxygen atoms in total. The van der Waals surface area contributed by atoms with E-state index in [4.69, 9.17) is 10.5 Å². The van der Waals surface area contributed by atoms with E-state index in [0.717, 1.165) is 30.7 Å². The van der Waals surface area contributed by atoms with Gasteiger partial charge in [-0.05, 0) is 44.6 Å². The normalized spacial score (nSPS) is 18.8. The predicted molar refractivity (Wildman–Crippen MR) is 75.1 cm³/mol. The first-order valence-corrected chi connectivity index (χ1v) is 7.45. The lowest BCUT2D eigenvalue weighted by atomic mass is 9.86. The molecule has 100 valence electrons. The summed E-state index contributed by atoms with van der Waals surface area (Å²) in [4.78, 5) is 13.4. The number of anilines is 1. The van der Waals surface area contributed by atoms with Crippen molar-refractivity contribution in [1.82, 2.24) is 0 Å². The molecule has 1 atom stereocenters. The van der Waals surface area contributed by atoms with Crippen LogP contribution in [0.15, 0.2) is 0 Å². The number of thiophene rings is 1. The Morgan fingerprint density at radius 3 is 2.89 bits per heavy atom. The zero-order valence-electron chi connectivity index (χ0n) is 11.3. The first-order chi connectivity index (χ1) is 8.52. The Morgan fingerprint density at radius 1 is 1.56 bits per heavy atom. The zero-order chi connectivity index (χ0) is 13.3. The smallest absolute Gasteiger partial charge is 0.341 e. The number of rotatable bonds is 3. The Balaban J connectivity index is 2.28. The van der Waals surface area contributed by atoms with Crippen LogP contribution >= 0.6 is 11.3 Å². The third kappa shape index (κ3) is 2.53. The van der Waals surface area contributed by atoms with E-state index in [9.17, 15) is 4.79 Å². The second-order valence-corrected chi connectivity index (χ2v) is 6.35. The molecule has 1 heterocycles. The van der Waals surface area contributed by atoms with Gasteiger partial charge in [0.15, 0.2) is 0 Å². The number of esters is 1. The van der Waals surface area contributed by atoms with Crippen molar-refractivity contribution in [3.63, 3.8) is 0 Å². The molecule has 0 radical (unpaired) electrons. The lowest BCUT2D eigenvalue weighted by molar-refractivity contribution is 0.0378. The Bertz CT molecular complexity index is 451. The van der Waals surface area contributed by atoms with Crippen molar-refractivity contribution in [3.05, 3.63) is 16.0 Å². The van der Waals surface area contributed by atoms with Crippen molar-refractivity contribution in [1.29, 1.82) is 0 Å². The Labute approximate surface area is 112 Å². The highest BCUT2D eigenvalue weighted by Gasteiger charge is 2.28. The van der Waals surface area contributed by atoms with E-state index in [1.165, 1.54) is 11.3 Å². The summed E-state index contributed by atoms with van der Waals surface area (Å²) < 4.78 is 5.28.